The van der Waals surface area contributed by atoms with Gasteiger partial charge in [0.25, 0.3) is 0 Å². The number of anilines is 2. The Morgan fingerprint density at radius 2 is 2.06 bits per heavy atom. The second-order valence-electron chi connectivity index (χ2n) is 4.11. The highest BCUT2D eigenvalue weighted by atomic mass is 32.2. The van der Waals surface area contributed by atoms with Crippen molar-refractivity contribution in [1.29, 1.82) is 0 Å². The largest absolute Gasteiger partial charge is 0.330 e. The van der Waals surface area contributed by atoms with E-state index in [0.29, 0.717) is 0 Å². The molecule has 0 unspecified atom stereocenters. The van der Waals surface area contributed by atoms with Gasteiger partial charge < -0.3 is 5.32 Å². The second-order valence-corrected chi connectivity index (χ2v) is 6.31. The number of nitrogens with zero attached hydrogens (tertiary/aromatic N) is 2. The zero-order valence-corrected chi connectivity index (χ0v) is 12.1. The predicted molar refractivity (Wildman–Crippen MR) is 79.9 cm³/mol. The number of hydrogen-bond donors (Lipinski definition) is 1. The molecule has 0 aliphatic rings. The summed E-state index contributed by atoms with van der Waals surface area (Å²) in [6.07, 6.45) is 0. The van der Waals surface area contributed by atoms with Crippen molar-refractivity contribution in [3.8, 4) is 0 Å². The maximum absolute atomic E-state index is 4.13. The van der Waals surface area contributed by atoms with Crippen molar-refractivity contribution in [2.75, 3.05) is 11.1 Å². The monoisotopic (exact) mass is 277 g/mol. The smallest absolute Gasteiger partial charge is 0.210 e. The Kier molecular flexibility index (Phi) is 4.38. The van der Waals surface area contributed by atoms with E-state index in [9.17, 15) is 0 Å². The van der Waals surface area contributed by atoms with Crippen molar-refractivity contribution < 1.29 is 0 Å². The summed E-state index contributed by atoms with van der Waals surface area (Å²) < 4.78 is 0.965. The first-order chi connectivity index (χ1) is 8.63. The van der Waals surface area contributed by atoms with Crippen LogP contribution in [0.4, 0.5) is 10.8 Å². The van der Waals surface area contributed by atoms with Crippen molar-refractivity contribution in [3.63, 3.8) is 0 Å². The van der Waals surface area contributed by atoms with Crippen LogP contribution in [0.25, 0.3) is 0 Å². The van der Waals surface area contributed by atoms with E-state index in [1.807, 2.05) is 19.1 Å². The summed E-state index contributed by atoms with van der Waals surface area (Å²) >= 11 is 3.23. The molecule has 0 aliphatic heterocycles. The molecule has 0 spiro atoms. The first-order valence-electron chi connectivity index (χ1n) is 5.58. The molecule has 2 rings (SSSR count). The van der Waals surface area contributed by atoms with Crippen LogP contribution in [-0.4, -0.2) is 16.0 Å². The average molecular weight is 277 g/mol. The Morgan fingerprint density at radius 1 is 1.33 bits per heavy atom. The molecule has 0 saturated carbocycles. The molecule has 0 bridgehead atoms. The number of benzene rings is 1. The molecule has 0 aliphatic carbocycles. The van der Waals surface area contributed by atoms with Crippen LogP contribution in [0.3, 0.4) is 0 Å². The molecule has 0 amide bonds. The molecule has 94 valence electrons. The third-order valence-corrected chi connectivity index (χ3v) is 4.35. The fraction of sp³-hybridized carbons (Fsp3) is 0.231. The third-order valence-electron chi connectivity index (χ3n) is 2.15. The Morgan fingerprint density at radius 3 is 2.72 bits per heavy atom. The van der Waals surface area contributed by atoms with Crippen molar-refractivity contribution in [2.45, 2.75) is 18.2 Å². The number of thioether (sulfide) groups is 1. The van der Waals surface area contributed by atoms with Crippen LogP contribution in [0.5, 0.6) is 0 Å². The molecule has 3 nitrogen and oxygen atoms in total. The topological polar surface area (TPSA) is 37.8 Å². The van der Waals surface area contributed by atoms with E-state index in [-0.39, 0.29) is 0 Å². The molecular formula is C13H15N3S2. The van der Waals surface area contributed by atoms with Crippen LogP contribution in [0, 0.1) is 6.92 Å². The highest BCUT2D eigenvalue weighted by Gasteiger charge is 2.04. The van der Waals surface area contributed by atoms with Crippen molar-refractivity contribution in [3.05, 3.63) is 42.0 Å². The summed E-state index contributed by atoms with van der Waals surface area (Å²) in [5, 5.41) is 12.3. The quantitative estimate of drug-likeness (QED) is 0.654. The summed E-state index contributed by atoms with van der Waals surface area (Å²) in [6.45, 7) is 7.96. The number of rotatable bonds is 5. The van der Waals surface area contributed by atoms with Gasteiger partial charge in [0.1, 0.15) is 0 Å². The normalized spacial score (nSPS) is 10.3. The van der Waals surface area contributed by atoms with Gasteiger partial charge in [0.15, 0.2) is 4.34 Å². The minimum absolute atomic E-state index is 0.822. The lowest BCUT2D eigenvalue weighted by Crippen LogP contribution is -1.88. The van der Waals surface area contributed by atoms with E-state index in [1.165, 1.54) is 5.56 Å². The zero-order chi connectivity index (χ0) is 13.0. The first-order valence-corrected chi connectivity index (χ1v) is 7.38. The first kappa shape index (κ1) is 13.1. The molecule has 0 atom stereocenters. The van der Waals surface area contributed by atoms with Crippen molar-refractivity contribution in [1.82, 2.24) is 10.2 Å². The Balaban J connectivity index is 1.97. The summed E-state index contributed by atoms with van der Waals surface area (Å²) in [5.74, 6) is 0.888. The van der Waals surface area contributed by atoms with Gasteiger partial charge in [0, 0.05) is 11.4 Å². The number of aromatic nitrogens is 2. The lowest BCUT2D eigenvalue weighted by atomic mass is 10.2. The third kappa shape index (κ3) is 3.85. The van der Waals surface area contributed by atoms with Crippen LogP contribution in [0.2, 0.25) is 0 Å². The van der Waals surface area contributed by atoms with Crippen molar-refractivity contribution in [2.24, 2.45) is 0 Å². The van der Waals surface area contributed by atoms with Gasteiger partial charge in [-0.3, -0.25) is 0 Å². The highest BCUT2D eigenvalue weighted by molar-refractivity contribution is 8.01. The van der Waals surface area contributed by atoms with E-state index in [0.717, 1.165) is 26.5 Å². The van der Waals surface area contributed by atoms with Crippen LogP contribution in [0.15, 0.2) is 40.8 Å². The van der Waals surface area contributed by atoms with Crippen LogP contribution in [0.1, 0.15) is 12.5 Å². The SMILES string of the molecule is C=C(C)CSc1nnc(Nc2ccc(C)cc2)s1. The molecule has 18 heavy (non-hydrogen) atoms. The Bertz CT molecular complexity index is 531. The van der Waals surface area contributed by atoms with Gasteiger partial charge >= 0.3 is 0 Å². The van der Waals surface area contributed by atoms with Gasteiger partial charge in [0.2, 0.25) is 5.13 Å². The Labute approximate surface area is 115 Å². The van der Waals surface area contributed by atoms with Gasteiger partial charge in [-0.25, -0.2) is 0 Å². The van der Waals surface area contributed by atoms with E-state index in [1.54, 1.807) is 23.1 Å². The second kappa shape index (κ2) is 6.02. The summed E-state index contributed by atoms with van der Waals surface area (Å²) in [5.41, 5.74) is 3.42. The minimum Gasteiger partial charge on any atom is -0.330 e. The van der Waals surface area contributed by atoms with Gasteiger partial charge in [-0.05, 0) is 26.0 Å². The maximum Gasteiger partial charge on any atom is 0.210 e. The number of hydrogen-bond acceptors (Lipinski definition) is 5. The molecule has 0 fully saturated rings. The molecule has 1 N–H and O–H groups in total. The standard InChI is InChI=1S/C13H15N3S2/c1-9(2)8-17-13-16-15-12(18-13)14-11-6-4-10(3)5-7-11/h4-7H,1,8H2,2-3H3,(H,14,15). The maximum atomic E-state index is 4.13. The minimum atomic E-state index is 0.822. The van der Waals surface area contributed by atoms with Crippen molar-refractivity contribution >= 4 is 33.9 Å². The van der Waals surface area contributed by atoms with E-state index in [4.69, 9.17) is 0 Å². The van der Waals surface area contributed by atoms with Crippen LogP contribution >= 0.6 is 23.1 Å². The molecule has 5 heteroatoms. The fourth-order valence-electron chi connectivity index (χ4n) is 1.26. The van der Waals surface area contributed by atoms with E-state index >= 15 is 0 Å². The summed E-state index contributed by atoms with van der Waals surface area (Å²) in [7, 11) is 0. The highest BCUT2D eigenvalue weighted by Crippen LogP contribution is 2.28. The summed E-state index contributed by atoms with van der Waals surface area (Å²) in [4.78, 5) is 0. The molecule has 2 aromatic rings. The number of nitrogens with one attached hydrogen (secondary N) is 1. The molecular weight excluding hydrogens is 262 g/mol. The molecule has 1 aromatic heterocycles. The average Bonchev–Trinajstić information content (AvgIpc) is 2.77. The molecule has 0 saturated heterocycles. The van der Waals surface area contributed by atoms with E-state index in [2.05, 4.69) is 41.1 Å². The lowest BCUT2D eigenvalue weighted by molar-refractivity contribution is 1.01. The predicted octanol–water partition coefficient (Wildman–Crippen LogP) is 4.26. The van der Waals surface area contributed by atoms with Gasteiger partial charge in [0.05, 0.1) is 0 Å². The number of aryl methyl sites for hydroxylation is 1. The van der Waals surface area contributed by atoms with Gasteiger partial charge in [-0.15, -0.1) is 10.2 Å². The molecule has 1 aromatic carbocycles. The van der Waals surface area contributed by atoms with Crippen LogP contribution in [-0.2, 0) is 0 Å². The van der Waals surface area contributed by atoms with Gasteiger partial charge in [-0.2, -0.15) is 0 Å². The fourth-order valence-corrected chi connectivity index (χ4v) is 2.88. The summed E-state index contributed by atoms with van der Waals surface area (Å²) in [6, 6.07) is 8.22. The molecule has 1 heterocycles. The molecule has 0 radical (unpaired) electrons. The Hall–Kier alpha value is -1.33. The van der Waals surface area contributed by atoms with Gasteiger partial charge in [-0.1, -0.05) is 52.9 Å². The zero-order valence-electron chi connectivity index (χ0n) is 10.4. The lowest BCUT2D eigenvalue weighted by Gasteiger charge is -2.01. The van der Waals surface area contributed by atoms with Crippen LogP contribution < -0.4 is 5.32 Å². The van der Waals surface area contributed by atoms with E-state index < -0.39 is 0 Å².